The molecule has 1 aliphatic carbocycles. The van der Waals surface area contributed by atoms with Crippen LogP contribution in [0.15, 0.2) is 18.2 Å². The molecular formula is C14H18ClNO5S. The van der Waals surface area contributed by atoms with Gasteiger partial charge in [0, 0.05) is 30.0 Å². The number of nitrogens with one attached hydrogen (secondary N) is 1. The van der Waals surface area contributed by atoms with Crippen molar-refractivity contribution in [2.24, 2.45) is 0 Å². The van der Waals surface area contributed by atoms with E-state index in [2.05, 4.69) is 4.72 Å². The second-order valence-electron chi connectivity index (χ2n) is 5.69. The molecule has 0 radical (unpaired) electrons. The van der Waals surface area contributed by atoms with Crippen molar-refractivity contribution in [1.82, 2.24) is 4.72 Å². The zero-order valence-corrected chi connectivity index (χ0v) is 13.5. The van der Waals surface area contributed by atoms with Crippen LogP contribution in [0.25, 0.3) is 0 Å². The molecule has 1 aromatic rings. The van der Waals surface area contributed by atoms with E-state index in [9.17, 15) is 8.42 Å². The van der Waals surface area contributed by atoms with Crippen molar-refractivity contribution in [3.8, 4) is 5.75 Å². The van der Waals surface area contributed by atoms with Gasteiger partial charge in [0.2, 0.25) is 5.79 Å². The van der Waals surface area contributed by atoms with Crippen molar-refractivity contribution in [3.05, 3.63) is 28.8 Å². The van der Waals surface area contributed by atoms with Crippen molar-refractivity contribution in [3.63, 3.8) is 0 Å². The molecule has 8 heteroatoms. The van der Waals surface area contributed by atoms with Crippen molar-refractivity contribution >= 4 is 21.9 Å². The molecule has 1 aliphatic heterocycles. The Labute approximate surface area is 134 Å². The van der Waals surface area contributed by atoms with Crippen LogP contribution in [0.2, 0.25) is 5.02 Å². The maximum absolute atomic E-state index is 11.0. The van der Waals surface area contributed by atoms with E-state index in [0.717, 1.165) is 32.1 Å². The maximum Gasteiger partial charge on any atom is 0.333 e. The first kappa shape index (κ1) is 16.0. The van der Waals surface area contributed by atoms with Gasteiger partial charge in [0.25, 0.3) is 0 Å². The summed E-state index contributed by atoms with van der Waals surface area (Å²) in [5.41, 5.74) is 0.680. The van der Waals surface area contributed by atoms with E-state index >= 15 is 0 Å². The summed E-state index contributed by atoms with van der Waals surface area (Å²) < 4.78 is 45.0. The summed E-state index contributed by atoms with van der Waals surface area (Å²) >= 11 is 6.01. The van der Waals surface area contributed by atoms with E-state index in [0.29, 0.717) is 16.3 Å². The van der Waals surface area contributed by atoms with Crippen LogP contribution in [0.3, 0.4) is 0 Å². The number of halogens is 1. The molecule has 1 unspecified atom stereocenters. The summed E-state index contributed by atoms with van der Waals surface area (Å²) in [5.74, 6) is -0.0651. The molecule has 1 spiro atoms. The summed E-state index contributed by atoms with van der Waals surface area (Å²) in [7, 11) is -4.28. The van der Waals surface area contributed by atoms with Crippen molar-refractivity contribution in [1.29, 1.82) is 0 Å². The average Bonchev–Trinajstić information content (AvgIpc) is 2.45. The number of rotatable bonds is 3. The molecule has 0 aromatic heterocycles. The zero-order chi connectivity index (χ0) is 15.8. The van der Waals surface area contributed by atoms with Crippen LogP contribution in [-0.2, 0) is 15.0 Å². The Bertz CT molecular complexity index is 657. The topological polar surface area (TPSA) is 84.9 Å². The summed E-state index contributed by atoms with van der Waals surface area (Å²) in [6.45, 7) is -0.0721. The van der Waals surface area contributed by atoms with E-state index in [1.54, 1.807) is 18.2 Å². The number of fused-ring (bicyclic) bond motifs is 1. The molecule has 1 fully saturated rings. The fourth-order valence-electron chi connectivity index (χ4n) is 3.05. The SMILES string of the molecule is O=S(=O)(O)NCC1OC2(CCCCC2)Oc2ccc(Cl)cc21. The molecule has 0 amide bonds. The summed E-state index contributed by atoms with van der Waals surface area (Å²) in [6.07, 6.45) is 4.11. The number of hydrogen-bond donors (Lipinski definition) is 2. The molecule has 22 heavy (non-hydrogen) atoms. The molecular weight excluding hydrogens is 330 g/mol. The predicted molar refractivity (Wildman–Crippen MR) is 81.3 cm³/mol. The number of hydrogen-bond acceptors (Lipinski definition) is 4. The van der Waals surface area contributed by atoms with E-state index in [1.807, 2.05) is 0 Å². The Hall–Kier alpha value is -0.860. The maximum atomic E-state index is 11.0. The highest BCUT2D eigenvalue weighted by molar-refractivity contribution is 7.83. The van der Waals surface area contributed by atoms with Gasteiger partial charge < -0.3 is 9.47 Å². The third kappa shape index (κ3) is 3.55. The van der Waals surface area contributed by atoms with Gasteiger partial charge in [0.1, 0.15) is 11.9 Å². The van der Waals surface area contributed by atoms with Crippen molar-refractivity contribution in [2.45, 2.75) is 44.0 Å². The smallest absolute Gasteiger partial charge is 0.333 e. The van der Waals surface area contributed by atoms with Gasteiger partial charge in [0.15, 0.2) is 0 Å². The molecule has 0 saturated heterocycles. The fraction of sp³-hybridized carbons (Fsp3) is 0.571. The molecule has 1 heterocycles. The number of benzene rings is 1. The molecule has 3 rings (SSSR count). The van der Waals surface area contributed by atoms with Gasteiger partial charge in [-0.05, 0) is 31.0 Å². The molecule has 2 N–H and O–H groups in total. The van der Waals surface area contributed by atoms with Gasteiger partial charge in [-0.2, -0.15) is 13.1 Å². The van der Waals surface area contributed by atoms with Gasteiger partial charge in [-0.3, -0.25) is 4.55 Å². The number of ether oxygens (including phenoxy) is 2. The van der Waals surface area contributed by atoms with Gasteiger partial charge in [-0.1, -0.05) is 18.0 Å². The van der Waals surface area contributed by atoms with E-state index < -0.39 is 22.2 Å². The van der Waals surface area contributed by atoms with Crippen LogP contribution >= 0.6 is 11.6 Å². The second kappa shape index (κ2) is 5.98. The molecule has 1 aromatic carbocycles. The Kier molecular flexibility index (Phi) is 4.35. The standard InChI is InChI=1S/C14H18ClNO5S/c15-10-4-5-12-11(8-10)13(9-16-22(17,18)19)21-14(20-12)6-2-1-3-7-14/h4-5,8,13,16H,1-3,6-7,9H2,(H,17,18,19). The first-order chi connectivity index (χ1) is 10.4. The summed E-state index contributed by atoms with van der Waals surface area (Å²) in [6, 6.07) is 5.20. The van der Waals surface area contributed by atoms with E-state index in [1.165, 1.54) is 0 Å². The minimum Gasteiger partial charge on any atom is -0.462 e. The quantitative estimate of drug-likeness (QED) is 0.821. The Morgan fingerprint density at radius 2 is 2.05 bits per heavy atom. The average molecular weight is 348 g/mol. The lowest BCUT2D eigenvalue weighted by Crippen LogP contribution is -2.47. The van der Waals surface area contributed by atoms with Gasteiger partial charge in [0.05, 0.1) is 0 Å². The Morgan fingerprint density at radius 1 is 1.32 bits per heavy atom. The third-order valence-electron chi connectivity index (χ3n) is 4.04. The van der Waals surface area contributed by atoms with Gasteiger partial charge >= 0.3 is 10.3 Å². The molecule has 1 saturated carbocycles. The van der Waals surface area contributed by atoms with Crippen LogP contribution < -0.4 is 9.46 Å². The summed E-state index contributed by atoms with van der Waals surface area (Å²) in [5, 5.41) is 0.516. The van der Waals surface area contributed by atoms with Gasteiger partial charge in [-0.25, -0.2) is 0 Å². The van der Waals surface area contributed by atoms with Crippen LogP contribution in [0.5, 0.6) is 5.75 Å². The van der Waals surface area contributed by atoms with Crippen LogP contribution in [-0.4, -0.2) is 25.3 Å². The van der Waals surface area contributed by atoms with E-state index in [-0.39, 0.29) is 6.54 Å². The largest absolute Gasteiger partial charge is 0.462 e. The minimum absolute atomic E-state index is 0.0721. The summed E-state index contributed by atoms with van der Waals surface area (Å²) in [4.78, 5) is 0. The Balaban J connectivity index is 1.90. The van der Waals surface area contributed by atoms with Gasteiger partial charge in [-0.15, -0.1) is 0 Å². The molecule has 122 valence electrons. The van der Waals surface area contributed by atoms with Crippen LogP contribution in [0.1, 0.15) is 43.8 Å². The normalized spacial score (nSPS) is 23.8. The fourth-order valence-corrected chi connectivity index (χ4v) is 3.60. The Morgan fingerprint density at radius 3 is 2.73 bits per heavy atom. The lowest BCUT2D eigenvalue weighted by atomic mass is 9.92. The highest BCUT2D eigenvalue weighted by atomic mass is 35.5. The highest BCUT2D eigenvalue weighted by Gasteiger charge is 2.43. The lowest BCUT2D eigenvalue weighted by molar-refractivity contribution is -0.243. The first-order valence-electron chi connectivity index (χ1n) is 7.25. The molecule has 6 nitrogen and oxygen atoms in total. The van der Waals surface area contributed by atoms with E-state index in [4.69, 9.17) is 25.6 Å². The zero-order valence-electron chi connectivity index (χ0n) is 11.9. The minimum atomic E-state index is -4.28. The predicted octanol–water partition coefficient (Wildman–Crippen LogP) is 2.84. The van der Waals surface area contributed by atoms with Crippen molar-refractivity contribution in [2.75, 3.05) is 6.54 Å². The first-order valence-corrected chi connectivity index (χ1v) is 9.07. The van der Waals surface area contributed by atoms with Crippen LogP contribution in [0.4, 0.5) is 0 Å². The van der Waals surface area contributed by atoms with Crippen LogP contribution in [0, 0.1) is 0 Å². The van der Waals surface area contributed by atoms with Crippen molar-refractivity contribution < 1.29 is 22.4 Å². The second-order valence-corrected chi connectivity index (χ2v) is 7.36. The lowest BCUT2D eigenvalue weighted by Gasteiger charge is -2.44. The molecule has 0 bridgehead atoms. The molecule has 2 aliphatic rings. The molecule has 1 atom stereocenters. The monoisotopic (exact) mass is 347 g/mol. The highest BCUT2D eigenvalue weighted by Crippen LogP contribution is 2.45. The third-order valence-corrected chi connectivity index (χ3v) is 4.80.